The Hall–Kier alpha value is -0.510. The molecular weight excluding hydrogens is 242 g/mol. The minimum absolute atomic E-state index is 0.344. The standard InChI is InChI=1S/C15H23NOS/c1-13-2-4-15(5-3-13)18-11-9-16-8-6-14(12-16)7-10-17/h2-5,14,17H,6-12H2,1H3. The Morgan fingerprint density at radius 2 is 2.11 bits per heavy atom. The molecular formula is C15H23NOS. The third-order valence-electron chi connectivity index (χ3n) is 3.60. The summed E-state index contributed by atoms with van der Waals surface area (Å²) >= 11 is 1.94. The van der Waals surface area contributed by atoms with Crippen molar-refractivity contribution in [3.05, 3.63) is 29.8 Å². The third kappa shape index (κ3) is 4.30. The van der Waals surface area contributed by atoms with Gasteiger partial charge in [0.1, 0.15) is 0 Å². The fourth-order valence-corrected chi connectivity index (χ4v) is 3.37. The van der Waals surface area contributed by atoms with Crippen LogP contribution in [-0.4, -0.2) is 42.0 Å². The average Bonchev–Trinajstić information content (AvgIpc) is 2.80. The summed E-state index contributed by atoms with van der Waals surface area (Å²) in [4.78, 5) is 3.90. The van der Waals surface area contributed by atoms with Gasteiger partial charge >= 0.3 is 0 Å². The van der Waals surface area contributed by atoms with E-state index in [0.717, 1.165) is 18.1 Å². The van der Waals surface area contributed by atoms with Crippen LogP contribution in [0.15, 0.2) is 29.2 Å². The molecule has 0 saturated carbocycles. The van der Waals surface area contributed by atoms with Crippen LogP contribution in [0.5, 0.6) is 0 Å². The Kier molecular flexibility index (Phi) is 5.54. The zero-order valence-corrected chi connectivity index (χ0v) is 12.0. The van der Waals surface area contributed by atoms with E-state index in [2.05, 4.69) is 36.1 Å². The second kappa shape index (κ2) is 7.17. The fourth-order valence-electron chi connectivity index (χ4n) is 2.46. The lowest BCUT2D eigenvalue weighted by Crippen LogP contribution is -2.23. The summed E-state index contributed by atoms with van der Waals surface area (Å²) < 4.78 is 0. The van der Waals surface area contributed by atoms with Crippen molar-refractivity contribution in [2.24, 2.45) is 5.92 Å². The molecule has 18 heavy (non-hydrogen) atoms. The van der Waals surface area contributed by atoms with E-state index in [-0.39, 0.29) is 0 Å². The normalized spacial score (nSPS) is 20.4. The van der Waals surface area contributed by atoms with Gasteiger partial charge in [0, 0.05) is 30.3 Å². The van der Waals surface area contributed by atoms with Gasteiger partial charge in [-0.15, -0.1) is 11.8 Å². The van der Waals surface area contributed by atoms with Crippen LogP contribution < -0.4 is 0 Å². The van der Waals surface area contributed by atoms with Crippen molar-refractivity contribution in [1.82, 2.24) is 4.90 Å². The van der Waals surface area contributed by atoms with Crippen LogP contribution in [0.25, 0.3) is 0 Å². The predicted molar refractivity (Wildman–Crippen MR) is 78.2 cm³/mol. The lowest BCUT2D eigenvalue weighted by Gasteiger charge is -2.15. The van der Waals surface area contributed by atoms with Gasteiger partial charge in [0.25, 0.3) is 0 Å². The summed E-state index contributed by atoms with van der Waals surface area (Å²) in [6.45, 7) is 6.02. The molecule has 100 valence electrons. The number of aliphatic hydroxyl groups is 1. The van der Waals surface area contributed by atoms with Crippen LogP contribution in [-0.2, 0) is 0 Å². The van der Waals surface area contributed by atoms with Crippen molar-refractivity contribution in [3.8, 4) is 0 Å². The van der Waals surface area contributed by atoms with Gasteiger partial charge in [-0.2, -0.15) is 0 Å². The number of hydrogen-bond donors (Lipinski definition) is 1. The van der Waals surface area contributed by atoms with E-state index in [9.17, 15) is 0 Å². The number of hydrogen-bond acceptors (Lipinski definition) is 3. The second-order valence-electron chi connectivity index (χ2n) is 5.13. The highest BCUT2D eigenvalue weighted by Crippen LogP contribution is 2.22. The molecule has 0 spiro atoms. The number of thioether (sulfide) groups is 1. The fraction of sp³-hybridized carbons (Fsp3) is 0.600. The number of rotatable bonds is 6. The molecule has 0 aromatic heterocycles. The highest BCUT2D eigenvalue weighted by molar-refractivity contribution is 7.99. The Morgan fingerprint density at radius 1 is 1.33 bits per heavy atom. The molecule has 1 atom stereocenters. The molecule has 1 aliphatic rings. The van der Waals surface area contributed by atoms with Gasteiger partial charge in [-0.25, -0.2) is 0 Å². The third-order valence-corrected chi connectivity index (χ3v) is 4.60. The van der Waals surface area contributed by atoms with Crippen LogP contribution in [0.1, 0.15) is 18.4 Å². The Labute approximate surface area is 114 Å². The Morgan fingerprint density at radius 3 is 2.83 bits per heavy atom. The minimum atomic E-state index is 0.344. The molecule has 0 aliphatic carbocycles. The number of nitrogens with zero attached hydrogens (tertiary/aromatic N) is 1. The minimum Gasteiger partial charge on any atom is -0.396 e. The molecule has 1 heterocycles. The lowest BCUT2D eigenvalue weighted by atomic mass is 10.1. The first-order chi connectivity index (χ1) is 8.78. The number of benzene rings is 1. The maximum atomic E-state index is 8.94. The molecule has 1 unspecified atom stereocenters. The van der Waals surface area contributed by atoms with Crippen molar-refractivity contribution in [3.63, 3.8) is 0 Å². The summed E-state index contributed by atoms with van der Waals surface area (Å²) in [6.07, 6.45) is 2.23. The summed E-state index contributed by atoms with van der Waals surface area (Å²) in [5.41, 5.74) is 1.32. The van der Waals surface area contributed by atoms with Crippen LogP contribution in [0.4, 0.5) is 0 Å². The lowest BCUT2D eigenvalue weighted by molar-refractivity contribution is 0.253. The topological polar surface area (TPSA) is 23.5 Å². The van der Waals surface area contributed by atoms with Gasteiger partial charge in [0.2, 0.25) is 0 Å². The Balaban J connectivity index is 1.65. The zero-order valence-electron chi connectivity index (χ0n) is 11.1. The SMILES string of the molecule is Cc1ccc(SCCN2CCC(CCO)C2)cc1. The second-order valence-corrected chi connectivity index (χ2v) is 6.30. The summed E-state index contributed by atoms with van der Waals surface area (Å²) in [5.74, 6) is 1.88. The molecule has 0 bridgehead atoms. The molecule has 1 fully saturated rings. The molecule has 2 nitrogen and oxygen atoms in total. The van der Waals surface area contributed by atoms with Gasteiger partial charge < -0.3 is 10.0 Å². The molecule has 3 heteroatoms. The van der Waals surface area contributed by atoms with Gasteiger partial charge in [-0.05, 0) is 44.4 Å². The molecule has 1 N–H and O–H groups in total. The van der Waals surface area contributed by atoms with Gasteiger partial charge in [0.05, 0.1) is 0 Å². The van der Waals surface area contributed by atoms with Crippen molar-refractivity contribution in [2.45, 2.75) is 24.7 Å². The predicted octanol–water partition coefficient (Wildman–Crippen LogP) is 2.79. The first kappa shape index (κ1) is 13.9. The van der Waals surface area contributed by atoms with E-state index in [4.69, 9.17) is 5.11 Å². The Bertz CT molecular complexity index is 352. The molecule has 0 radical (unpaired) electrons. The van der Waals surface area contributed by atoms with Gasteiger partial charge in [-0.1, -0.05) is 17.7 Å². The summed E-state index contributed by atoms with van der Waals surface area (Å²) in [6, 6.07) is 8.77. The van der Waals surface area contributed by atoms with Crippen LogP contribution in [0.3, 0.4) is 0 Å². The number of likely N-dealkylation sites (tertiary alicyclic amines) is 1. The number of aliphatic hydroxyl groups excluding tert-OH is 1. The van der Waals surface area contributed by atoms with E-state index < -0.39 is 0 Å². The summed E-state index contributed by atoms with van der Waals surface area (Å²) in [5, 5.41) is 8.94. The molecule has 1 aliphatic heterocycles. The van der Waals surface area contributed by atoms with Crippen molar-refractivity contribution >= 4 is 11.8 Å². The first-order valence-corrected chi connectivity index (χ1v) is 7.79. The average molecular weight is 265 g/mol. The van der Waals surface area contributed by atoms with Crippen LogP contribution in [0.2, 0.25) is 0 Å². The van der Waals surface area contributed by atoms with Gasteiger partial charge in [-0.3, -0.25) is 0 Å². The van der Waals surface area contributed by atoms with Crippen molar-refractivity contribution in [2.75, 3.05) is 32.0 Å². The van der Waals surface area contributed by atoms with E-state index in [1.807, 2.05) is 11.8 Å². The molecule has 1 aromatic carbocycles. The molecule has 1 aromatic rings. The number of aryl methyl sites for hydroxylation is 1. The van der Waals surface area contributed by atoms with E-state index in [1.165, 1.54) is 36.5 Å². The van der Waals surface area contributed by atoms with E-state index >= 15 is 0 Å². The van der Waals surface area contributed by atoms with E-state index in [0.29, 0.717) is 6.61 Å². The quantitative estimate of drug-likeness (QED) is 0.800. The van der Waals surface area contributed by atoms with Crippen LogP contribution >= 0.6 is 11.8 Å². The van der Waals surface area contributed by atoms with Crippen molar-refractivity contribution < 1.29 is 5.11 Å². The maximum Gasteiger partial charge on any atom is 0.0434 e. The smallest absolute Gasteiger partial charge is 0.0434 e. The van der Waals surface area contributed by atoms with E-state index in [1.54, 1.807) is 0 Å². The molecule has 0 amide bonds. The molecule has 1 saturated heterocycles. The molecule has 2 rings (SSSR count). The largest absolute Gasteiger partial charge is 0.396 e. The monoisotopic (exact) mass is 265 g/mol. The van der Waals surface area contributed by atoms with Gasteiger partial charge in [0.15, 0.2) is 0 Å². The zero-order chi connectivity index (χ0) is 12.8. The highest BCUT2D eigenvalue weighted by Gasteiger charge is 2.21. The van der Waals surface area contributed by atoms with Crippen molar-refractivity contribution in [1.29, 1.82) is 0 Å². The van der Waals surface area contributed by atoms with Crippen LogP contribution in [0, 0.1) is 12.8 Å². The maximum absolute atomic E-state index is 8.94. The first-order valence-electron chi connectivity index (χ1n) is 6.80. The summed E-state index contributed by atoms with van der Waals surface area (Å²) in [7, 11) is 0. The highest BCUT2D eigenvalue weighted by atomic mass is 32.2.